The van der Waals surface area contributed by atoms with Gasteiger partial charge in [0.25, 0.3) is 0 Å². The van der Waals surface area contributed by atoms with E-state index < -0.39 is 5.97 Å². The van der Waals surface area contributed by atoms with Crippen LogP contribution in [-0.4, -0.2) is 25.0 Å². The molecule has 0 aromatic heterocycles. The standard InChI is InChI=1S/C36H43NO4/c1-5-33(38)37-16-7-17-41-29-18-23(2)35(24(3)19-29)30-9-6-8-27(25(30)4)12-10-26-11-13-31-28(20-26)22-36(14-15-36)32(31)21-34(39)40/h6,8-9,11,13,18-20,32H,5,7,10,12,14-17,21-22H2,1-4H3,(H,37,38)(H,39,40)/p-1. The minimum absolute atomic E-state index is 0.0708. The molecule has 2 aliphatic carbocycles. The summed E-state index contributed by atoms with van der Waals surface area (Å²) in [4.78, 5) is 22.8. The van der Waals surface area contributed by atoms with Crippen LogP contribution in [0.4, 0.5) is 0 Å². The molecule has 0 aliphatic heterocycles. The van der Waals surface area contributed by atoms with E-state index >= 15 is 0 Å². The van der Waals surface area contributed by atoms with Gasteiger partial charge in [-0.1, -0.05) is 43.3 Å². The summed E-state index contributed by atoms with van der Waals surface area (Å²) in [5.74, 6) is 0.120. The van der Waals surface area contributed by atoms with Gasteiger partial charge in [-0.15, -0.1) is 0 Å². The first kappa shape index (κ1) is 28.9. The van der Waals surface area contributed by atoms with Crippen molar-refractivity contribution in [1.29, 1.82) is 0 Å². The van der Waals surface area contributed by atoms with Crippen molar-refractivity contribution in [1.82, 2.24) is 5.32 Å². The SMILES string of the molecule is CCC(=O)NCCCOc1cc(C)c(-c2cccc(CCc3ccc4c(c3)CC3(CC3)C4CC(=O)[O-])c2C)c(C)c1. The number of hydrogen-bond acceptors (Lipinski definition) is 4. The van der Waals surface area contributed by atoms with Gasteiger partial charge in [-0.05, 0) is 139 Å². The third kappa shape index (κ3) is 6.34. The molecule has 1 amide bonds. The van der Waals surface area contributed by atoms with Gasteiger partial charge in [0.2, 0.25) is 5.91 Å². The lowest BCUT2D eigenvalue weighted by Gasteiger charge is -2.20. The monoisotopic (exact) mass is 552 g/mol. The van der Waals surface area contributed by atoms with Crippen LogP contribution < -0.4 is 15.2 Å². The number of fused-ring (bicyclic) bond motifs is 1. The molecule has 5 nitrogen and oxygen atoms in total. The van der Waals surface area contributed by atoms with E-state index in [1.165, 1.54) is 50.1 Å². The lowest BCUT2D eigenvalue weighted by molar-refractivity contribution is -0.306. The molecule has 41 heavy (non-hydrogen) atoms. The van der Waals surface area contributed by atoms with Gasteiger partial charge in [-0.25, -0.2) is 0 Å². The van der Waals surface area contributed by atoms with E-state index in [-0.39, 0.29) is 23.7 Å². The van der Waals surface area contributed by atoms with E-state index in [2.05, 4.69) is 74.6 Å². The number of amides is 1. The molecule has 216 valence electrons. The number of hydrogen-bond donors (Lipinski definition) is 1. The van der Waals surface area contributed by atoms with Crippen LogP contribution in [0.1, 0.15) is 83.9 Å². The number of carboxylic acids is 1. The molecular weight excluding hydrogens is 510 g/mol. The summed E-state index contributed by atoms with van der Waals surface area (Å²) in [5, 5.41) is 14.3. The molecular formula is C36H42NO4-. The Bertz CT molecular complexity index is 1430. The van der Waals surface area contributed by atoms with E-state index in [1.807, 2.05) is 6.92 Å². The summed E-state index contributed by atoms with van der Waals surface area (Å²) in [7, 11) is 0. The van der Waals surface area contributed by atoms with E-state index in [0.29, 0.717) is 19.6 Å². The van der Waals surface area contributed by atoms with Gasteiger partial charge >= 0.3 is 0 Å². The molecule has 1 N–H and O–H groups in total. The molecule has 5 heteroatoms. The van der Waals surface area contributed by atoms with Crippen molar-refractivity contribution >= 4 is 11.9 Å². The molecule has 1 spiro atoms. The Morgan fingerprint density at radius 3 is 2.46 bits per heavy atom. The van der Waals surface area contributed by atoms with Crippen molar-refractivity contribution in [3.63, 3.8) is 0 Å². The largest absolute Gasteiger partial charge is 0.550 e. The van der Waals surface area contributed by atoms with E-state index in [1.54, 1.807) is 0 Å². The van der Waals surface area contributed by atoms with Crippen LogP contribution in [0.25, 0.3) is 11.1 Å². The molecule has 1 saturated carbocycles. The zero-order valence-electron chi connectivity index (χ0n) is 24.9. The average Bonchev–Trinajstić information content (AvgIpc) is 3.65. The maximum atomic E-state index is 11.4. The Kier molecular flexibility index (Phi) is 8.53. The Labute approximate surface area is 244 Å². The molecule has 3 aromatic carbocycles. The maximum absolute atomic E-state index is 11.4. The van der Waals surface area contributed by atoms with Crippen molar-refractivity contribution in [2.75, 3.05) is 13.2 Å². The molecule has 0 heterocycles. The molecule has 1 atom stereocenters. The highest BCUT2D eigenvalue weighted by Gasteiger charge is 2.53. The van der Waals surface area contributed by atoms with Gasteiger partial charge < -0.3 is 20.0 Å². The molecule has 3 aromatic rings. The third-order valence-electron chi connectivity index (χ3n) is 9.27. The topological polar surface area (TPSA) is 78.5 Å². The molecule has 1 unspecified atom stereocenters. The lowest BCUT2D eigenvalue weighted by atomic mass is 9.86. The van der Waals surface area contributed by atoms with Gasteiger partial charge in [-0.2, -0.15) is 0 Å². The zero-order chi connectivity index (χ0) is 29.1. The smallest absolute Gasteiger partial charge is 0.219 e. The first-order valence-corrected chi connectivity index (χ1v) is 15.1. The molecule has 0 bridgehead atoms. The van der Waals surface area contributed by atoms with Crippen molar-refractivity contribution < 1.29 is 19.4 Å². The number of benzene rings is 3. The average molecular weight is 553 g/mol. The Morgan fingerprint density at radius 1 is 1.02 bits per heavy atom. The highest BCUT2D eigenvalue weighted by Crippen LogP contribution is 2.64. The number of carbonyl (C=O) groups is 2. The van der Waals surface area contributed by atoms with Crippen LogP contribution in [0.2, 0.25) is 0 Å². The van der Waals surface area contributed by atoms with Crippen LogP contribution in [0.3, 0.4) is 0 Å². The lowest BCUT2D eigenvalue weighted by Crippen LogP contribution is -2.26. The minimum Gasteiger partial charge on any atom is -0.550 e. The second kappa shape index (κ2) is 12.1. The van der Waals surface area contributed by atoms with Gasteiger partial charge in [0.05, 0.1) is 6.61 Å². The van der Waals surface area contributed by atoms with Gasteiger partial charge in [-0.3, -0.25) is 4.79 Å². The summed E-state index contributed by atoms with van der Waals surface area (Å²) in [5.41, 5.74) is 11.6. The van der Waals surface area contributed by atoms with Gasteiger partial charge in [0.1, 0.15) is 5.75 Å². The third-order valence-corrected chi connectivity index (χ3v) is 9.27. The number of nitrogens with one attached hydrogen (secondary N) is 1. The van der Waals surface area contributed by atoms with Crippen LogP contribution in [0.15, 0.2) is 48.5 Å². The Balaban J connectivity index is 1.26. The van der Waals surface area contributed by atoms with Crippen LogP contribution in [-0.2, 0) is 28.9 Å². The van der Waals surface area contributed by atoms with Crippen molar-refractivity contribution in [2.24, 2.45) is 5.41 Å². The fourth-order valence-corrected chi connectivity index (χ4v) is 6.87. The molecule has 2 aliphatic rings. The number of carboxylic acid groups (broad SMARTS) is 1. The van der Waals surface area contributed by atoms with Crippen LogP contribution >= 0.6 is 0 Å². The number of aliphatic carboxylic acids is 1. The normalized spacial score (nSPS) is 16.4. The summed E-state index contributed by atoms with van der Waals surface area (Å²) in [6.45, 7) is 9.57. The molecule has 0 saturated heterocycles. The molecule has 5 rings (SSSR count). The Morgan fingerprint density at radius 2 is 1.78 bits per heavy atom. The van der Waals surface area contributed by atoms with Crippen LogP contribution in [0, 0.1) is 26.2 Å². The summed E-state index contributed by atoms with van der Waals surface area (Å²) in [6, 6.07) is 17.6. The maximum Gasteiger partial charge on any atom is 0.219 e. The fourth-order valence-electron chi connectivity index (χ4n) is 6.87. The molecule has 0 radical (unpaired) electrons. The van der Waals surface area contributed by atoms with Gasteiger partial charge in [0, 0.05) is 18.9 Å². The van der Waals surface area contributed by atoms with Crippen molar-refractivity contribution in [3.8, 4) is 16.9 Å². The predicted octanol–water partition coefficient (Wildman–Crippen LogP) is 5.92. The van der Waals surface area contributed by atoms with Gasteiger partial charge in [0.15, 0.2) is 0 Å². The van der Waals surface area contributed by atoms with Crippen molar-refractivity contribution in [3.05, 3.63) is 87.5 Å². The predicted molar refractivity (Wildman–Crippen MR) is 161 cm³/mol. The Hall–Kier alpha value is -3.60. The summed E-state index contributed by atoms with van der Waals surface area (Å²) in [6.07, 6.45) is 6.61. The van der Waals surface area contributed by atoms with Crippen LogP contribution in [0.5, 0.6) is 5.75 Å². The number of rotatable bonds is 12. The highest BCUT2D eigenvalue weighted by molar-refractivity contribution is 5.76. The number of ether oxygens (including phenoxy) is 1. The van der Waals surface area contributed by atoms with E-state index in [0.717, 1.165) is 44.3 Å². The second-order valence-corrected chi connectivity index (χ2v) is 12.1. The quantitative estimate of drug-likeness (QED) is 0.283. The first-order valence-electron chi connectivity index (χ1n) is 15.1. The number of aryl methyl sites for hydroxylation is 4. The molecule has 1 fully saturated rings. The van der Waals surface area contributed by atoms with E-state index in [9.17, 15) is 14.7 Å². The minimum atomic E-state index is -0.935. The fraction of sp³-hybridized carbons (Fsp3) is 0.444. The first-order chi connectivity index (χ1) is 19.7. The van der Waals surface area contributed by atoms with E-state index in [4.69, 9.17) is 4.74 Å². The number of carbonyl (C=O) groups excluding carboxylic acids is 2. The van der Waals surface area contributed by atoms with Crippen molar-refractivity contribution in [2.45, 2.75) is 85.0 Å². The highest BCUT2D eigenvalue weighted by atomic mass is 16.5. The second-order valence-electron chi connectivity index (χ2n) is 12.1. The summed E-state index contributed by atoms with van der Waals surface area (Å²) >= 11 is 0. The zero-order valence-corrected chi connectivity index (χ0v) is 24.9. The summed E-state index contributed by atoms with van der Waals surface area (Å²) < 4.78 is 6.01.